The van der Waals surface area contributed by atoms with Gasteiger partial charge in [0.1, 0.15) is 0 Å². The first-order valence-corrected chi connectivity index (χ1v) is 15.5. The number of benzene rings is 2. The molecule has 5 rings (SSSR count). The molecule has 2 aliphatic heterocycles. The fraction of sp³-hybridized carbons (Fsp3) is 0.393. The van der Waals surface area contributed by atoms with Crippen LogP contribution in [-0.4, -0.2) is 90.6 Å². The molecule has 11 nitrogen and oxygen atoms in total. The summed E-state index contributed by atoms with van der Waals surface area (Å²) in [5, 5.41) is 5.52. The molecule has 2 fully saturated rings. The van der Waals surface area contributed by atoms with Crippen molar-refractivity contribution in [2.24, 2.45) is 7.05 Å². The summed E-state index contributed by atoms with van der Waals surface area (Å²) in [6, 6.07) is 7.03. The summed E-state index contributed by atoms with van der Waals surface area (Å²) in [6.07, 6.45) is 2.40. The highest BCUT2D eigenvalue weighted by atomic mass is 35.5. The van der Waals surface area contributed by atoms with Crippen molar-refractivity contribution >= 4 is 39.1 Å². The van der Waals surface area contributed by atoms with Crippen LogP contribution in [0.25, 0.3) is 11.3 Å². The highest BCUT2D eigenvalue weighted by Gasteiger charge is 2.36. The second-order valence-electron chi connectivity index (χ2n) is 10.3. The number of hydrogen-bond donors (Lipinski definition) is 2. The molecule has 0 radical (unpaired) electrons. The van der Waals surface area contributed by atoms with Gasteiger partial charge in [-0.2, -0.15) is 8.70 Å². The van der Waals surface area contributed by atoms with Crippen molar-refractivity contribution in [3.63, 3.8) is 0 Å². The maximum absolute atomic E-state index is 14.6. The van der Waals surface area contributed by atoms with Gasteiger partial charge in [-0.25, -0.2) is 17.8 Å². The number of aromatic nitrogens is 2. The van der Waals surface area contributed by atoms with Crippen LogP contribution >= 0.6 is 11.6 Å². The smallest absolute Gasteiger partial charge is 0.291 e. The Morgan fingerprint density at radius 2 is 1.77 bits per heavy atom. The molecule has 2 saturated heterocycles. The third-order valence-corrected chi connectivity index (χ3v) is 10.5. The molecule has 1 aromatic heterocycles. The number of nitrogens with one attached hydrogen (secondary N) is 2. The largest absolute Gasteiger partial charge is 0.494 e. The van der Waals surface area contributed by atoms with E-state index in [1.807, 2.05) is 0 Å². The highest BCUT2D eigenvalue weighted by Crippen LogP contribution is 2.30. The van der Waals surface area contributed by atoms with E-state index in [0.717, 1.165) is 0 Å². The van der Waals surface area contributed by atoms with Gasteiger partial charge in [-0.15, -0.1) is 0 Å². The van der Waals surface area contributed by atoms with Gasteiger partial charge < -0.3 is 24.8 Å². The van der Waals surface area contributed by atoms with E-state index in [-0.39, 0.29) is 71.2 Å². The van der Waals surface area contributed by atoms with Crippen LogP contribution in [-0.2, 0) is 17.1 Å². The number of sulfonamides is 1. The molecule has 0 unspecified atom stereocenters. The zero-order valence-electron chi connectivity index (χ0n) is 23.6. The Morgan fingerprint density at radius 1 is 1.07 bits per heavy atom. The van der Waals surface area contributed by atoms with Crippen molar-refractivity contribution in [2.75, 3.05) is 51.7 Å². The number of rotatable bonds is 7. The van der Waals surface area contributed by atoms with E-state index >= 15 is 0 Å². The molecule has 0 bridgehead atoms. The van der Waals surface area contributed by atoms with Crippen LogP contribution in [0.1, 0.15) is 33.8 Å². The summed E-state index contributed by atoms with van der Waals surface area (Å²) in [5.41, 5.74) is 0.580. The fourth-order valence-corrected chi connectivity index (χ4v) is 7.52. The van der Waals surface area contributed by atoms with E-state index < -0.39 is 32.8 Å². The number of carbonyl (C=O) groups is 2. The molecule has 0 saturated carbocycles. The fourth-order valence-electron chi connectivity index (χ4n) is 5.33. The Labute approximate surface area is 252 Å². The van der Waals surface area contributed by atoms with Crippen molar-refractivity contribution in [1.82, 2.24) is 24.1 Å². The molecule has 2 N–H and O–H groups in total. The first-order valence-electron chi connectivity index (χ1n) is 13.7. The molecule has 43 heavy (non-hydrogen) atoms. The number of anilines is 1. The van der Waals surface area contributed by atoms with E-state index in [0.29, 0.717) is 25.9 Å². The number of hydrogen-bond acceptors (Lipinski definition) is 7. The zero-order chi connectivity index (χ0) is 30.9. The number of imidazole rings is 1. The van der Waals surface area contributed by atoms with E-state index in [9.17, 15) is 26.8 Å². The number of ether oxygens (including phenoxy) is 1. The number of amides is 2. The van der Waals surface area contributed by atoms with Gasteiger partial charge in [-0.1, -0.05) is 11.6 Å². The van der Waals surface area contributed by atoms with Crippen LogP contribution in [0.4, 0.5) is 14.5 Å². The van der Waals surface area contributed by atoms with Gasteiger partial charge in [0.15, 0.2) is 17.4 Å². The third kappa shape index (κ3) is 6.09. The topological polar surface area (TPSA) is 126 Å². The van der Waals surface area contributed by atoms with Crippen LogP contribution in [0, 0.1) is 11.6 Å². The Morgan fingerprint density at radius 3 is 2.42 bits per heavy atom. The molecule has 230 valence electrons. The number of nitrogens with zero attached hydrogens (tertiary/aromatic N) is 4. The first-order chi connectivity index (χ1) is 20.5. The lowest BCUT2D eigenvalue weighted by atomic mass is 10.1. The Bertz CT molecular complexity index is 1650. The molecular formula is C28H31ClF2N6O5S. The standard InChI is InChI=1S/C28H31ClF2N6O5S/c1-35-22(20-5-6-23(42-2)25(31)24(20)30)16-33-26(35)27(38)34-17-3-4-19(21(29)15-17)28(39)36-11-13-37(14-12-36)43(40,41)18-7-9-32-10-8-18/h3-6,15-16,18,32H,7-14H2,1-2H3,(H,34,38). The summed E-state index contributed by atoms with van der Waals surface area (Å²) in [4.78, 5) is 31.8. The van der Waals surface area contributed by atoms with Crippen LogP contribution in [0.5, 0.6) is 5.75 Å². The number of piperazine rings is 1. The second kappa shape index (κ2) is 12.6. The van der Waals surface area contributed by atoms with Gasteiger partial charge in [0.05, 0.1) is 34.8 Å². The van der Waals surface area contributed by atoms with Crippen molar-refractivity contribution < 1.29 is 31.5 Å². The van der Waals surface area contributed by atoms with Gasteiger partial charge in [0, 0.05) is 44.5 Å². The SMILES string of the molecule is COc1ccc(-c2cnc(C(=O)Nc3ccc(C(=O)N4CCN(S(=O)(=O)C5CCNCC5)CC4)c(Cl)c3)n2C)c(F)c1F. The average Bonchev–Trinajstić information content (AvgIpc) is 3.39. The molecule has 2 aromatic carbocycles. The van der Waals surface area contributed by atoms with Gasteiger partial charge in [0.25, 0.3) is 11.8 Å². The van der Waals surface area contributed by atoms with E-state index in [1.54, 1.807) is 4.90 Å². The molecule has 2 aliphatic rings. The monoisotopic (exact) mass is 636 g/mol. The minimum atomic E-state index is -3.43. The van der Waals surface area contributed by atoms with E-state index in [1.165, 1.54) is 59.6 Å². The Kier molecular flexibility index (Phi) is 9.02. The molecular weight excluding hydrogens is 606 g/mol. The number of methoxy groups -OCH3 is 1. The normalized spacial score (nSPS) is 16.7. The van der Waals surface area contributed by atoms with Crippen LogP contribution in [0.15, 0.2) is 36.5 Å². The molecule has 0 atom stereocenters. The summed E-state index contributed by atoms with van der Waals surface area (Å²) in [6.45, 7) is 2.23. The third-order valence-electron chi connectivity index (χ3n) is 7.78. The van der Waals surface area contributed by atoms with Crippen molar-refractivity contribution in [3.8, 4) is 17.0 Å². The van der Waals surface area contributed by atoms with Crippen LogP contribution < -0.4 is 15.4 Å². The molecule has 3 aromatic rings. The number of piperidine rings is 1. The lowest BCUT2D eigenvalue weighted by Gasteiger charge is -2.36. The summed E-state index contributed by atoms with van der Waals surface area (Å²) in [7, 11) is -0.711. The van der Waals surface area contributed by atoms with Gasteiger partial charge in [-0.05, 0) is 56.3 Å². The van der Waals surface area contributed by atoms with Crippen LogP contribution in [0.3, 0.4) is 0 Å². The molecule has 0 spiro atoms. The molecule has 0 aliphatic carbocycles. The summed E-state index contributed by atoms with van der Waals surface area (Å²) in [5.74, 6) is -3.58. The average molecular weight is 637 g/mol. The predicted octanol–water partition coefficient (Wildman–Crippen LogP) is 3.12. The summed E-state index contributed by atoms with van der Waals surface area (Å²) >= 11 is 6.43. The highest BCUT2D eigenvalue weighted by molar-refractivity contribution is 7.89. The maximum atomic E-state index is 14.6. The molecule has 15 heteroatoms. The quantitative estimate of drug-likeness (QED) is 0.408. The van der Waals surface area contributed by atoms with E-state index in [2.05, 4.69) is 15.6 Å². The van der Waals surface area contributed by atoms with Crippen molar-refractivity contribution in [1.29, 1.82) is 0 Å². The lowest BCUT2D eigenvalue weighted by Crippen LogP contribution is -2.53. The summed E-state index contributed by atoms with van der Waals surface area (Å²) < 4.78 is 62.5. The Balaban J connectivity index is 1.23. The van der Waals surface area contributed by atoms with Gasteiger partial charge in [-0.3, -0.25) is 9.59 Å². The minimum absolute atomic E-state index is 0.0702. The predicted molar refractivity (Wildman–Crippen MR) is 157 cm³/mol. The second-order valence-corrected chi connectivity index (χ2v) is 12.9. The first kappa shape index (κ1) is 30.9. The number of carbonyl (C=O) groups excluding carboxylic acids is 2. The zero-order valence-corrected chi connectivity index (χ0v) is 25.1. The van der Waals surface area contributed by atoms with Crippen molar-refractivity contribution in [3.05, 3.63) is 64.6 Å². The van der Waals surface area contributed by atoms with Crippen molar-refractivity contribution in [2.45, 2.75) is 18.1 Å². The lowest BCUT2D eigenvalue weighted by molar-refractivity contribution is 0.0697. The maximum Gasteiger partial charge on any atom is 0.291 e. The number of halogens is 3. The minimum Gasteiger partial charge on any atom is -0.494 e. The Hall–Kier alpha value is -3.59. The molecule has 3 heterocycles. The van der Waals surface area contributed by atoms with Gasteiger partial charge in [0.2, 0.25) is 15.8 Å². The van der Waals surface area contributed by atoms with Gasteiger partial charge >= 0.3 is 0 Å². The van der Waals surface area contributed by atoms with Crippen LogP contribution in [0.2, 0.25) is 5.02 Å². The van der Waals surface area contributed by atoms with E-state index in [4.69, 9.17) is 16.3 Å². The molecule has 2 amide bonds.